The van der Waals surface area contributed by atoms with Gasteiger partial charge in [-0.1, -0.05) is 6.07 Å². The highest BCUT2D eigenvalue weighted by atomic mass is 19.1. The maximum absolute atomic E-state index is 13.4. The Kier molecular flexibility index (Phi) is 4.88. The van der Waals surface area contributed by atoms with Gasteiger partial charge in [0.05, 0.1) is 21.3 Å². The molecule has 7 heteroatoms. The molecule has 2 aromatic carbocycles. The standard InChI is InChI=1S/C19H16FNO5/c1-23-15-8-11(9-16(24-2)17(15)25-3)7-14-19(22)26-18(21-14)12-5-4-6-13(20)10-12/h4-10H,1-3H3/b14-7+. The van der Waals surface area contributed by atoms with E-state index in [4.69, 9.17) is 18.9 Å². The average Bonchev–Trinajstić information content (AvgIpc) is 3.01. The molecule has 0 fully saturated rings. The first-order chi connectivity index (χ1) is 12.5. The van der Waals surface area contributed by atoms with Crippen LogP contribution in [0.5, 0.6) is 17.2 Å². The number of halogens is 1. The molecule has 1 heterocycles. The summed E-state index contributed by atoms with van der Waals surface area (Å²) < 4.78 is 34.3. The molecular formula is C19H16FNO5. The van der Waals surface area contributed by atoms with Crippen LogP contribution < -0.4 is 14.2 Å². The zero-order valence-corrected chi connectivity index (χ0v) is 14.4. The molecule has 0 unspecified atom stereocenters. The molecule has 1 aliphatic heterocycles. The van der Waals surface area contributed by atoms with Crippen LogP contribution in [-0.4, -0.2) is 33.2 Å². The van der Waals surface area contributed by atoms with E-state index in [2.05, 4.69) is 4.99 Å². The maximum atomic E-state index is 13.4. The predicted molar refractivity (Wildman–Crippen MR) is 93.1 cm³/mol. The first-order valence-corrected chi connectivity index (χ1v) is 7.64. The van der Waals surface area contributed by atoms with Gasteiger partial charge in [0, 0.05) is 5.56 Å². The van der Waals surface area contributed by atoms with Crippen molar-refractivity contribution in [2.75, 3.05) is 21.3 Å². The second-order valence-corrected chi connectivity index (χ2v) is 5.31. The number of rotatable bonds is 5. The van der Waals surface area contributed by atoms with E-state index in [0.29, 0.717) is 28.4 Å². The zero-order chi connectivity index (χ0) is 18.7. The average molecular weight is 357 g/mol. The molecular weight excluding hydrogens is 341 g/mol. The molecule has 0 saturated heterocycles. The number of ether oxygens (including phenoxy) is 4. The second-order valence-electron chi connectivity index (χ2n) is 5.31. The summed E-state index contributed by atoms with van der Waals surface area (Å²) in [5, 5.41) is 0. The van der Waals surface area contributed by atoms with Gasteiger partial charge in [-0.3, -0.25) is 0 Å². The minimum atomic E-state index is -0.627. The van der Waals surface area contributed by atoms with Gasteiger partial charge in [-0.2, -0.15) is 0 Å². The van der Waals surface area contributed by atoms with Crippen LogP contribution in [0.15, 0.2) is 47.1 Å². The van der Waals surface area contributed by atoms with Crippen LogP contribution in [0.3, 0.4) is 0 Å². The van der Waals surface area contributed by atoms with E-state index in [-0.39, 0.29) is 11.6 Å². The molecule has 134 valence electrons. The summed E-state index contributed by atoms with van der Waals surface area (Å²) in [5.74, 6) is 0.309. The monoisotopic (exact) mass is 357 g/mol. The summed E-state index contributed by atoms with van der Waals surface area (Å²) in [6.45, 7) is 0. The summed E-state index contributed by atoms with van der Waals surface area (Å²) in [5.41, 5.74) is 1.07. The Hall–Kier alpha value is -3.35. The SMILES string of the molecule is COc1cc(/C=C2/N=C(c3cccc(F)c3)OC2=O)cc(OC)c1OC. The lowest BCUT2D eigenvalue weighted by molar-refractivity contribution is -0.129. The fourth-order valence-corrected chi connectivity index (χ4v) is 2.50. The van der Waals surface area contributed by atoms with Gasteiger partial charge in [-0.15, -0.1) is 0 Å². The Morgan fingerprint density at radius 1 is 1.04 bits per heavy atom. The summed E-state index contributed by atoms with van der Waals surface area (Å²) in [4.78, 5) is 16.2. The molecule has 0 radical (unpaired) electrons. The first-order valence-electron chi connectivity index (χ1n) is 7.64. The molecule has 0 amide bonds. The lowest BCUT2D eigenvalue weighted by atomic mass is 10.1. The van der Waals surface area contributed by atoms with E-state index >= 15 is 0 Å². The van der Waals surface area contributed by atoms with Crippen molar-refractivity contribution < 1.29 is 28.1 Å². The lowest BCUT2D eigenvalue weighted by Crippen LogP contribution is -2.05. The summed E-state index contributed by atoms with van der Waals surface area (Å²) in [6.07, 6.45) is 1.53. The van der Waals surface area contributed by atoms with E-state index in [1.807, 2.05) is 0 Å². The molecule has 0 spiro atoms. The van der Waals surface area contributed by atoms with Crippen molar-refractivity contribution in [1.29, 1.82) is 0 Å². The van der Waals surface area contributed by atoms with E-state index in [1.54, 1.807) is 18.2 Å². The number of carbonyl (C=O) groups excluding carboxylic acids is 1. The Labute approximate surface area is 149 Å². The van der Waals surface area contributed by atoms with E-state index in [1.165, 1.54) is 45.6 Å². The molecule has 6 nitrogen and oxygen atoms in total. The largest absolute Gasteiger partial charge is 0.493 e. The van der Waals surface area contributed by atoms with Crippen LogP contribution in [0.2, 0.25) is 0 Å². The molecule has 3 rings (SSSR count). The van der Waals surface area contributed by atoms with Crippen molar-refractivity contribution in [2.24, 2.45) is 4.99 Å². The van der Waals surface area contributed by atoms with Gasteiger partial charge in [-0.05, 0) is 42.0 Å². The van der Waals surface area contributed by atoms with Crippen molar-refractivity contribution >= 4 is 17.9 Å². The van der Waals surface area contributed by atoms with Crippen LogP contribution in [0.4, 0.5) is 4.39 Å². The maximum Gasteiger partial charge on any atom is 0.363 e. The Balaban J connectivity index is 2.00. The van der Waals surface area contributed by atoms with Crippen LogP contribution in [0.25, 0.3) is 6.08 Å². The fourth-order valence-electron chi connectivity index (χ4n) is 2.50. The van der Waals surface area contributed by atoms with Crippen molar-refractivity contribution in [2.45, 2.75) is 0 Å². The van der Waals surface area contributed by atoms with Gasteiger partial charge < -0.3 is 18.9 Å². The summed E-state index contributed by atoms with van der Waals surface area (Å²) in [6, 6.07) is 9.02. The molecule has 0 saturated carbocycles. The number of aliphatic imine (C=N–C) groups is 1. The highest BCUT2D eigenvalue weighted by Crippen LogP contribution is 2.39. The van der Waals surface area contributed by atoms with Gasteiger partial charge in [0.25, 0.3) is 0 Å². The second kappa shape index (κ2) is 7.26. The molecule has 0 atom stereocenters. The Morgan fingerprint density at radius 3 is 2.31 bits per heavy atom. The van der Waals surface area contributed by atoms with E-state index in [0.717, 1.165) is 0 Å². The fraction of sp³-hybridized carbons (Fsp3) is 0.158. The zero-order valence-electron chi connectivity index (χ0n) is 14.4. The highest BCUT2D eigenvalue weighted by molar-refractivity contribution is 6.12. The number of methoxy groups -OCH3 is 3. The van der Waals surface area contributed by atoms with Crippen LogP contribution in [0, 0.1) is 5.82 Å². The van der Waals surface area contributed by atoms with Gasteiger partial charge in [0.1, 0.15) is 5.82 Å². The highest BCUT2D eigenvalue weighted by Gasteiger charge is 2.25. The van der Waals surface area contributed by atoms with Crippen molar-refractivity contribution in [3.63, 3.8) is 0 Å². The van der Waals surface area contributed by atoms with Crippen molar-refractivity contribution in [3.05, 3.63) is 59.0 Å². The quantitative estimate of drug-likeness (QED) is 0.607. The number of benzene rings is 2. The number of nitrogens with zero attached hydrogens (tertiary/aromatic N) is 1. The van der Waals surface area contributed by atoms with Crippen LogP contribution >= 0.6 is 0 Å². The van der Waals surface area contributed by atoms with Gasteiger partial charge in [0.2, 0.25) is 11.6 Å². The van der Waals surface area contributed by atoms with Gasteiger partial charge in [0.15, 0.2) is 17.2 Å². The molecule has 0 N–H and O–H groups in total. The predicted octanol–water partition coefficient (Wildman–Crippen LogP) is 3.20. The molecule has 1 aliphatic rings. The molecule has 0 aliphatic carbocycles. The molecule has 26 heavy (non-hydrogen) atoms. The normalized spacial score (nSPS) is 14.8. The van der Waals surface area contributed by atoms with Gasteiger partial charge in [-0.25, -0.2) is 14.2 Å². The summed E-state index contributed by atoms with van der Waals surface area (Å²) in [7, 11) is 4.50. The molecule has 0 bridgehead atoms. The third-order valence-corrected chi connectivity index (χ3v) is 3.68. The number of carbonyl (C=O) groups is 1. The lowest BCUT2D eigenvalue weighted by Gasteiger charge is -2.12. The number of hydrogen-bond acceptors (Lipinski definition) is 6. The first kappa shape index (κ1) is 17.5. The minimum Gasteiger partial charge on any atom is -0.493 e. The van der Waals surface area contributed by atoms with E-state index < -0.39 is 11.8 Å². The van der Waals surface area contributed by atoms with Crippen LogP contribution in [-0.2, 0) is 9.53 Å². The minimum absolute atomic E-state index is 0.0493. The molecule has 0 aromatic heterocycles. The topological polar surface area (TPSA) is 66.4 Å². The van der Waals surface area contributed by atoms with E-state index in [9.17, 15) is 9.18 Å². The number of cyclic esters (lactones) is 1. The third kappa shape index (κ3) is 3.37. The van der Waals surface area contributed by atoms with Crippen molar-refractivity contribution in [3.8, 4) is 17.2 Å². The number of esters is 1. The Bertz CT molecular complexity index is 895. The third-order valence-electron chi connectivity index (χ3n) is 3.68. The van der Waals surface area contributed by atoms with Gasteiger partial charge >= 0.3 is 5.97 Å². The van der Waals surface area contributed by atoms with Crippen molar-refractivity contribution in [1.82, 2.24) is 0 Å². The Morgan fingerprint density at radius 2 is 1.73 bits per heavy atom. The summed E-state index contributed by atoms with van der Waals surface area (Å²) >= 11 is 0. The number of hydrogen-bond donors (Lipinski definition) is 0. The van der Waals surface area contributed by atoms with Crippen LogP contribution in [0.1, 0.15) is 11.1 Å². The molecule has 2 aromatic rings. The smallest absolute Gasteiger partial charge is 0.363 e.